The third-order valence-corrected chi connectivity index (χ3v) is 5.05. The Balaban J connectivity index is 0.000000312. The fourth-order valence-electron chi connectivity index (χ4n) is 3.69. The summed E-state index contributed by atoms with van der Waals surface area (Å²) in [6.07, 6.45) is 6.59. The average Bonchev–Trinajstić information content (AvgIpc) is 3.16. The molecule has 3 N–H and O–H groups in total. The number of carbonyl (C=O) groups is 2. The molecule has 2 aromatic rings. The van der Waals surface area contributed by atoms with Crippen LogP contribution in [0.2, 0.25) is 0 Å². The number of carboxylic acid groups (broad SMARTS) is 2. The minimum absolute atomic E-state index is 0.0516. The fraction of sp³-hybridized carbons (Fsp3) is 0.280. The second-order valence-electron chi connectivity index (χ2n) is 7.39. The molecular weight excluding hydrogens is 410 g/mol. The van der Waals surface area contributed by atoms with Crippen molar-refractivity contribution in [3.8, 4) is 0 Å². The third kappa shape index (κ3) is 5.50. The van der Waals surface area contributed by atoms with E-state index in [4.69, 9.17) is 19.7 Å². The molecule has 1 fully saturated rings. The van der Waals surface area contributed by atoms with Crippen LogP contribution in [0.1, 0.15) is 35.6 Å². The number of carboxylic acids is 2. The molecule has 1 saturated heterocycles. The Morgan fingerprint density at radius 3 is 2.03 bits per heavy atom. The normalized spacial score (nSPS) is 17.8. The van der Waals surface area contributed by atoms with Gasteiger partial charge in [-0.15, -0.1) is 0 Å². The second-order valence-corrected chi connectivity index (χ2v) is 7.39. The topological polar surface area (TPSA) is 105 Å². The minimum Gasteiger partial charge on any atom is -0.478 e. The Kier molecular flexibility index (Phi) is 7.94. The van der Waals surface area contributed by atoms with Crippen molar-refractivity contribution in [2.24, 2.45) is 0 Å². The lowest BCUT2D eigenvalue weighted by Gasteiger charge is -2.30. The molecule has 0 saturated carbocycles. The zero-order valence-electron chi connectivity index (χ0n) is 17.9. The van der Waals surface area contributed by atoms with Gasteiger partial charge in [0.1, 0.15) is 0 Å². The van der Waals surface area contributed by atoms with E-state index in [-0.39, 0.29) is 6.10 Å². The molecule has 1 spiro atoms. The molecular formula is C25H27NO6. The van der Waals surface area contributed by atoms with Gasteiger partial charge >= 0.3 is 11.9 Å². The average molecular weight is 437 g/mol. The summed E-state index contributed by atoms with van der Waals surface area (Å²) >= 11 is 0. The first-order valence-corrected chi connectivity index (χ1v) is 10.5. The first kappa shape index (κ1) is 23.4. The van der Waals surface area contributed by atoms with E-state index in [0.717, 1.165) is 41.8 Å². The second kappa shape index (κ2) is 10.9. The Hall–Kier alpha value is -3.26. The molecule has 0 amide bonds. The summed E-state index contributed by atoms with van der Waals surface area (Å²) < 4.78 is 12.9. The quantitative estimate of drug-likeness (QED) is 0.469. The summed E-state index contributed by atoms with van der Waals surface area (Å²) in [7, 11) is 0. The lowest BCUT2D eigenvalue weighted by atomic mass is 9.93. The van der Waals surface area contributed by atoms with Gasteiger partial charge in [-0.25, -0.2) is 9.59 Å². The molecule has 1 aliphatic carbocycles. The Labute approximate surface area is 187 Å². The maximum atomic E-state index is 9.55. The van der Waals surface area contributed by atoms with Crippen LogP contribution in [-0.4, -0.2) is 48.0 Å². The van der Waals surface area contributed by atoms with Crippen LogP contribution < -0.4 is 5.32 Å². The van der Waals surface area contributed by atoms with Gasteiger partial charge in [-0.3, -0.25) is 0 Å². The van der Waals surface area contributed by atoms with E-state index in [1.54, 1.807) is 0 Å². The van der Waals surface area contributed by atoms with E-state index >= 15 is 0 Å². The summed E-state index contributed by atoms with van der Waals surface area (Å²) in [4.78, 5) is 19.1. The van der Waals surface area contributed by atoms with Crippen molar-refractivity contribution in [1.82, 2.24) is 5.32 Å². The van der Waals surface area contributed by atoms with E-state index < -0.39 is 17.7 Å². The number of hydrogen-bond donors (Lipinski definition) is 3. The maximum absolute atomic E-state index is 9.55. The molecule has 1 atom stereocenters. The van der Waals surface area contributed by atoms with E-state index in [9.17, 15) is 9.59 Å². The zero-order valence-corrected chi connectivity index (χ0v) is 17.9. The molecule has 1 unspecified atom stereocenters. The predicted molar refractivity (Wildman–Crippen MR) is 121 cm³/mol. The largest absolute Gasteiger partial charge is 0.478 e. The van der Waals surface area contributed by atoms with Gasteiger partial charge in [0.25, 0.3) is 0 Å². The molecule has 1 aliphatic heterocycles. The first-order chi connectivity index (χ1) is 15.5. The highest BCUT2D eigenvalue weighted by Crippen LogP contribution is 2.45. The Morgan fingerprint density at radius 1 is 1.00 bits per heavy atom. The van der Waals surface area contributed by atoms with Crippen molar-refractivity contribution in [2.45, 2.75) is 25.2 Å². The van der Waals surface area contributed by atoms with E-state index in [2.05, 4.69) is 72.9 Å². The van der Waals surface area contributed by atoms with Gasteiger partial charge in [-0.1, -0.05) is 67.6 Å². The van der Waals surface area contributed by atoms with Gasteiger partial charge in [0.05, 0.1) is 12.7 Å². The molecule has 32 heavy (non-hydrogen) atoms. The standard InChI is InChI=1S/C21H23NO2.C4H4O4/c1-2-13-22-14-18-15-23-21(24-18)19-9-5-3-7-16(19)11-12-17-8-4-6-10-20(17)21;5-3(6)1-2-4(7)8/h3-12,18,22H,2,13-15H2,1H3;1-2H,(H,5,6)(H,7,8)/b;2-1-. The van der Waals surface area contributed by atoms with Gasteiger partial charge in [0.15, 0.2) is 0 Å². The molecule has 0 radical (unpaired) electrons. The first-order valence-electron chi connectivity index (χ1n) is 10.5. The van der Waals surface area contributed by atoms with Crippen molar-refractivity contribution >= 4 is 24.1 Å². The van der Waals surface area contributed by atoms with Crippen molar-refractivity contribution in [3.63, 3.8) is 0 Å². The highest BCUT2D eigenvalue weighted by molar-refractivity contribution is 5.89. The minimum atomic E-state index is -1.26. The molecule has 168 valence electrons. The maximum Gasteiger partial charge on any atom is 0.328 e. The van der Waals surface area contributed by atoms with Crippen LogP contribution in [0.3, 0.4) is 0 Å². The van der Waals surface area contributed by atoms with Gasteiger partial charge in [0, 0.05) is 29.8 Å². The molecule has 2 aromatic carbocycles. The van der Waals surface area contributed by atoms with Gasteiger partial charge in [-0.05, 0) is 24.1 Å². The monoisotopic (exact) mass is 437 g/mol. The number of nitrogens with one attached hydrogen (secondary N) is 1. The predicted octanol–water partition coefficient (Wildman–Crippen LogP) is 3.50. The fourth-order valence-corrected chi connectivity index (χ4v) is 3.69. The van der Waals surface area contributed by atoms with Crippen molar-refractivity contribution in [1.29, 1.82) is 0 Å². The lowest BCUT2D eigenvalue weighted by Crippen LogP contribution is -2.34. The lowest BCUT2D eigenvalue weighted by molar-refractivity contribution is -0.142. The summed E-state index contributed by atoms with van der Waals surface area (Å²) in [5.41, 5.74) is 4.47. The Bertz CT molecular complexity index is 947. The number of fused-ring (bicyclic) bond motifs is 4. The van der Waals surface area contributed by atoms with Crippen molar-refractivity contribution in [3.05, 3.63) is 82.9 Å². The van der Waals surface area contributed by atoms with Crippen LogP contribution in [0.15, 0.2) is 60.7 Å². The number of rotatable bonds is 6. The van der Waals surface area contributed by atoms with E-state index in [1.165, 1.54) is 0 Å². The SMILES string of the molecule is CCCNCC1COC2(O1)c1ccccc1C=Cc1ccccc12.O=C(O)/C=C\C(=O)O. The zero-order chi connectivity index (χ0) is 23.0. The van der Waals surface area contributed by atoms with Crippen LogP contribution in [0.4, 0.5) is 0 Å². The van der Waals surface area contributed by atoms with Crippen LogP contribution >= 0.6 is 0 Å². The van der Waals surface area contributed by atoms with Crippen molar-refractivity contribution < 1.29 is 29.3 Å². The Morgan fingerprint density at radius 2 is 1.53 bits per heavy atom. The van der Waals surface area contributed by atoms with Crippen LogP contribution in [0, 0.1) is 0 Å². The van der Waals surface area contributed by atoms with Gasteiger partial charge in [-0.2, -0.15) is 0 Å². The van der Waals surface area contributed by atoms with Gasteiger partial charge < -0.3 is 25.0 Å². The smallest absolute Gasteiger partial charge is 0.328 e. The van der Waals surface area contributed by atoms with Crippen LogP contribution in [0.5, 0.6) is 0 Å². The molecule has 2 aliphatic rings. The van der Waals surface area contributed by atoms with Crippen LogP contribution in [-0.2, 0) is 24.8 Å². The van der Waals surface area contributed by atoms with E-state index in [0.29, 0.717) is 18.8 Å². The van der Waals surface area contributed by atoms with Gasteiger partial charge in [0.2, 0.25) is 5.79 Å². The summed E-state index contributed by atoms with van der Waals surface area (Å²) in [5.74, 6) is -3.32. The summed E-state index contributed by atoms with van der Waals surface area (Å²) in [5, 5.41) is 19.1. The summed E-state index contributed by atoms with van der Waals surface area (Å²) in [6.45, 7) is 4.58. The third-order valence-electron chi connectivity index (χ3n) is 5.05. The molecule has 0 bridgehead atoms. The molecule has 7 heteroatoms. The van der Waals surface area contributed by atoms with Crippen molar-refractivity contribution in [2.75, 3.05) is 19.7 Å². The number of ether oxygens (including phenoxy) is 2. The highest BCUT2D eigenvalue weighted by atomic mass is 16.7. The molecule has 4 rings (SSSR count). The number of hydrogen-bond acceptors (Lipinski definition) is 5. The highest BCUT2D eigenvalue weighted by Gasteiger charge is 2.47. The number of benzene rings is 2. The summed E-state index contributed by atoms with van der Waals surface area (Å²) in [6, 6.07) is 16.7. The number of aliphatic carboxylic acids is 2. The molecule has 1 heterocycles. The van der Waals surface area contributed by atoms with E-state index in [1.807, 2.05) is 0 Å². The molecule has 0 aromatic heterocycles. The van der Waals surface area contributed by atoms with Crippen LogP contribution in [0.25, 0.3) is 12.2 Å². The molecule has 7 nitrogen and oxygen atoms in total.